The monoisotopic (exact) mass is 288 g/mol. The summed E-state index contributed by atoms with van der Waals surface area (Å²) in [4.78, 5) is 15.2. The van der Waals surface area contributed by atoms with E-state index >= 15 is 0 Å². The van der Waals surface area contributed by atoms with Crippen LogP contribution in [0.15, 0.2) is 24.4 Å². The number of hydrogen-bond acceptors (Lipinski definition) is 3. The molecule has 1 fully saturated rings. The second-order valence-corrected chi connectivity index (χ2v) is 5.76. The molecule has 0 spiro atoms. The molecule has 1 aliphatic carbocycles. The van der Waals surface area contributed by atoms with E-state index in [-0.39, 0.29) is 5.91 Å². The number of carbonyl (C=O) groups excluding carboxylic acids is 1. The van der Waals surface area contributed by atoms with Crippen LogP contribution in [0, 0.1) is 0 Å². The zero-order valence-corrected chi connectivity index (χ0v) is 12.1. The van der Waals surface area contributed by atoms with Crippen LogP contribution in [0.2, 0.25) is 0 Å². The quantitative estimate of drug-likeness (QED) is 0.784. The molecule has 0 saturated heterocycles. The van der Waals surface area contributed by atoms with Crippen molar-refractivity contribution in [3.63, 3.8) is 0 Å². The van der Waals surface area contributed by atoms with Gasteiger partial charge in [-0.05, 0) is 43.0 Å². The standard InChI is InChI=1S/C16H20N2O3/c1-21-12-3-4-14-13(8-12)11(9-17-14)7-15(19)18-10-16(20)5-2-6-16/h3-4,8-9,17,20H,2,5-7,10H2,1H3,(H,18,19). The summed E-state index contributed by atoms with van der Waals surface area (Å²) in [5.74, 6) is 0.701. The molecule has 1 heterocycles. The van der Waals surface area contributed by atoms with E-state index in [9.17, 15) is 9.90 Å². The lowest BCUT2D eigenvalue weighted by Gasteiger charge is -2.36. The number of carbonyl (C=O) groups is 1. The van der Waals surface area contributed by atoms with Gasteiger partial charge in [-0.15, -0.1) is 0 Å². The predicted octanol–water partition coefficient (Wildman–Crippen LogP) is 1.75. The maximum absolute atomic E-state index is 12.0. The van der Waals surface area contributed by atoms with Gasteiger partial charge in [0.15, 0.2) is 0 Å². The average Bonchev–Trinajstić information content (AvgIpc) is 2.85. The average molecular weight is 288 g/mol. The second kappa shape index (κ2) is 5.41. The minimum atomic E-state index is -0.681. The van der Waals surface area contributed by atoms with Crippen LogP contribution in [0.5, 0.6) is 5.75 Å². The van der Waals surface area contributed by atoms with Crippen LogP contribution in [-0.4, -0.2) is 35.3 Å². The van der Waals surface area contributed by atoms with Gasteiger partial charge in [0, 0.05) is 23.6 Å². The number of nitrogens with one attached hydrogen (secondary N) is 2. The van der Waals surface area contributed by atoms with E-state index in [4.69, 9.17) is 4.74 Å². The summed E-state index contributed by atoms with van der Waals surface area (Å²) in [6, 6.07) is 5.75. The summed E-state index contributed by atoms with van der Waals surface area (Å²) in [5, 5.41) is 13.8. The third kappa shape index (κ3) is 2.88. The topological polar surface area (TPSA) is 74.4 Å². The molecule has 0 aliphatic heterocycles. The van der Waals surface area contributed by atoms with Gasteiger partial charge in [0.1, 0.15) is 5.75 Å². The SMILES string of the molecule is COc1ccc2[nH]cc(CC(=O)NCC3(O)CCC3)c2c1. The molecule has 3 N–H and O–H groups in total. The predicted molar refractivity (Wildman–Crippen MR) is 80.4 cm³/mol. The Bertz CT molecular complexity index is 659. The minimum Gasteiger partial charge on any atom is -0.497 e. The number of fused-ring (bicyclic) bond motifs is 1. The molecule has 1 aromatic heterocycles. The first-order valence-corrected chi connectivity index (χ1v) is 7.23. The van der Waals surface area contributed by atoms with Crippen LogP contribution >= 0.6 is 0 Å². The van der Waals surface area contributed by atoms with Gasteiger partial charge in [0.05, 0.1) is 19.1 Å². The van der Waals surface area contributed by atoms with E-state index in [1.807, 2.05) is 24.4 Å². The lowest BCUT2D eigenvalue weighted by Crippen LogP contribution is -2.48. The number of benzene rings is 1. The van der Waals surface area contributed by atoms with E-state index in [0.29, 0.717) is 13.0 Å². The van der Waals surface area contributed by atoms with Gasteiger partial charge in [-0.1, -0.05) is 0 Å². The van der Waals surface area contributed by atoms with E-state index < -0.39 is 5.60 Å². The highest BCUT2D eigenvalue weighted by Gasteiger charge is 2.34. The van der Waals surface area contributed by atoms with Gasteiger partial charge in [-0.2, -0.15) is 0 Å². The van der Waals surface area contributed by atoms with Crippen molar-refractivity contribution in [2.75, 3.05) is 13.7 Å². The molecule has 1 amide bonds. The van der Waals surface area contributed by atoms with Crippen LogP contribution < -0.4 is 10.1 Å². The molecule has 1 aliphatic rings. The van der Waals surface area contributed by atoms with Crippen LogP contribution in [0.3, 0.4) is 0 Å². The molecule has 2 aromatic rings. The third-order valence-electron chi connectivity index (χ3n) is 4.22. The van der Waals surface area contributed by atoms with Crippen molar-refractivity contribution < 1.29 is 14.6 Å². The van der Waals surface area contributed by atoms with Crippen molar-refractivity contribution in [1.29, 1.82) is 0 Å². The van der Waals surface area contributed by atoms with Gasteiger partial charge in [0.25, 0.3) is 0 Å². The number of rotatable bonds is 5. The number of methoxy groups -OCH3 is 1. The largest absolute Gasteiger partial charge is 0.497 e. The Kier molecular flexibility index (Phi) is 3.59. The summed E-state index contributed by atoms with van der Waals surface area (Å²) in [5.41, 5.74) is 1.23. The maximum Gasteiger partial charge on any atom is 0.224 e. The van der Waals surface area contributed by atoms with Crippen molar-refractivity contribution in [1.82, 2.24) is 10.3 Å². The van der Waals surface area contributed by atoms with Gasteiger partial charge < -0.3 is 20.1 Å². The first-order valence-electron chi connectivity index (χ1n) is 7.23. The number of aromatic nitrogens is 1. The highest BCUT2D eigenvalue weighted by Crippen LogP contribution is 2.30. The second-order valence-electron chi connectivity index (χ2n) is 5.76. The van der Waals surface area contributed by atoms with Crippen molar-refractivity contribution in [2.24, 2.45) is 0 Å². The molecule has 0 radical (unpaired) electrons. The fourth-order valence-corrected chi connectivity index (χ4v) is 2.69. The van der Waals surface area contributed by atoms with Crippen LogP contribution in [0.4, 0.5) is 0 Å². The Balaban J connectivity index is 1.67. The van der Waals surface area contributed by atoms with Crippen molar-refractivity contribution in [3.05, 3.63) is 30.0 Å². The molecule has 112 valence electrons. The van der Waals surface area contributed by atoms with Gasteiger partial charge in [-0.3, -0.25) is 4.79 Å². The highest BCUT2D eigenvalue weighted by molar-refractivity contribution is 5.89. The Morgan fingerprint density at radius 1 is 1.48 bits per heavy atom. The smallest absolute Gasteiger partial charge is 0.224 e. The number of aliphatic hydroxyl groups is 1. The molecule has 1 aromatic carbocycles. The summed E-state index contributed by atoms with van der Waals surface area (Å²) in [7, 11) is 1.62. The molecule has 0 unspecified atom stereocenters. The Labute approximate surface area is 123 Å². The summed E-state index contributed by atoms with van der Waals surface area (Å²) in [6.07, 6.45) is 4.73. The number of amides is 1. The van der Waals surface area contributed by atoms with Crippen LogP contribution in [-0.2, 0) is 11.2 Å². The van der Waals surface area contributed by atoms with Crippen LogP contribution in [0.1, 0.15) is 24.8 Å². The number of aromatic amines is 1. The van der Waals surface area contributed by atoms with Gasteiger partial charge >= 0.3 is 0 Å². The Morgan fingerprint density at radius 2 is 2.29 bits per heavy atom. The molecule has 21 heavy (non-hydrogen) atoms. The van der Waals surface area contributed by atoms with E-state index in [0.717, 1.165) is 41.5 Å². The molecule has 5 nitrogen and oxygen atoms in total. The van der Waals surface area contributed by atoms with Crippen LogP contribution in [0.25, 0.3) is 10.9 Å². The highest BCUT2D eigenvalue weighted by atomic mass is 16.5. The Hall–Kier alpha value is -2.01. The van der Waals surface area contributed by atoms with Crippen molar-refractivity contribution in [2.45, 2.75) is 31.3 Å². The van der Waals surface area contributed by atoms with Crippen molar-refractivity contribution >= 4 is 16.8 Å². The Morgan fingerprint density at radius 3 is 2.95 bits per heavy atom. The first-order chi connectivity index (χ1) is 10.1. The lowest BCUT2D eigenvalue weighted by atomic mass is 9.80. The zero-order chi connectivity index (χ0) is 14.9. The fourth-order valence-electron chi connectivity index (χ4n) is 2.69. The summed E-state index contributed by atoms with van der Waals surface area (Å²) >= 11 is 0. The molecule has 0 atom stereocenters. The normalized spacial score (nSPS) is 16.5. The van der Waals surface area contributed by atoms with Crippen molar-refractivity contribution in [3.8, 4) is 5.75 Å². The van der Waals surface area contributed by atoms with E-state index in [1.54, 1.807) is 7.11 Å². The molecule has 0 bridgehead atoms. The maximum atomic E-state index is 12.0. The molecule has 1 saturated carbocycles. The van der Waals surface area contributed by atoms with E-state index in [1.165, 1.54) is 0 Å². The molecule has 5 heteroatoms. The molecular weight excluding hydrogens is 268 g/mol. The number of hydrogen-bond donors (Lipinski definition) is 3. The van der Waals surface area contributed by atoms with E-state index in [2.05, 4.69) is 10.3 Å². The first kappa shape index (κ1) is 13.9. The minimum absolute atomic E-state index is 0.0703. The van der Waals surface area contributed by atoms with Gasteiger partial charge in [-0.25, -0.2) is 0 Å². The molecular formula is C16H20N2O3. The fraction of sp³-hybridized carbons (Fsp3) is 0.438. The third-order valence-corrected chi connectivity index (χ3v) is 4.22. The number of H-pyrrole nitrogens is 1. The summed E-state index contributed by atoms with van der Waals surface area (Å²) in [6.45, 7) is 0.345. The summed E-state index contributed by atoms with van der Waals surface area (Å²) < 4.78 is 5.22. The number of ether oxygens (including phenoxy) is 1. The zero-order valence-electron chi connectivity index (χ0n) is 12.1. The molecule has 3 rings (SSSR count). The lowest BCUT2D eigenvalue weighted by molar-refractivity contribution is -0.122. The van der Waals surface area contributed by atoms with Gasteiger partial charge in [0.2, 0.25) is 5.91 Å².